The Bertz CT molecular complexity index is 818. The fraction of sp³-hybridized carbons (Fsp3) is 0.250. The van der Waals surface area contributed by atoms with Crippen LogP contribution < -0.4 is 10.1 Å². The van der Waals surface area contributed by atoms with E-state index in [9.17, 15) is 9.59 Å². The van der Waals surface area contributed by atoms with Gasteiger partial charge in [0.25, 0.3) is 0 Å². The molecule has 0 unspecified atom stereocenters. The molecule has 2 aromatic carbocycles. The summed E-state index contributed by atoms with van der Waals surface area (Å²) in [5.74, 6) is 0.311. The van der Waals surface area contributed by atoms with E-state index < -0.39 is 0 Å². The zero-order valence-corrected chi connectivity index (χ0v) is 14.6. The van der Waals surface area contributed by atoms with Crippen molar-refractivity contribution in [1.82, 2.24) is 10.3 Å². The van der Waals surface area contributed by atoms with Crippen molar-refractivity contribution in [1.29, 1.82) is 0 Å². The lowest BCUT2D eigenvalue weighted by Gasteiger charge is -2.23. The Balaban J connectivity index is 1.63. The van der Waals surface area contributed by atoms with Gasteiger partial charge >= 0.3 is 0 Å². The van der Waals surface area contributed by atoms with E-state index in [4.69, 9.17) is 4.74 Å². The highest BCUT2D eigenvalue weighted by Gasteiger charge is 2.23. The molecule has 6 heteroatoms. The van der Waals surface area contributed by atoms with Gasteiger partial charge in [0, 0.05) is 24.9 Å². The van der Waals surface area contributed by atoms with E-state index in [1.807, 2.05) is 54.6 Å². The predicted octanol–water partition coefficient (Wildman–Crippen LogP) is 2.34. The van der Waals surface area contributed by atoms with Gasteiger partial charge in [0.15, 0.2) is 0 Å². The highest BCUT2D eigenvalue weighted by Crippen LogP contribution is 2.17. The van der Waals surface area contributed by atoms with Gasteiger partial charge in [-0.2, -0.15) is 5.10 Å². The van der Waals surface area contributed by atoms with Crippen LogP contribution in [0.3, 0.4) is 0 Å². The number of rotatable bonds is 6. The van der Waals surface area contributed by atoms with Crippen molar-refractivity contribution in [3.8, 4) is 5.75 Å². The van der Waals surface area contributed by atoms with Crippen LogP contribution in [0.5, 0.6) is 5.75 Å². The van der Waals surface area contributed by atoms with Gasteiger partial charge in [-0.25, -0.2) is 5.01 Å². The van der Waals surface area contributed by atoms with Crippen molar-refractivity contribution in [3.05, 3.63) is 65.7 Å². The SMILES string of the molecule is COc1ccccc1CNC(=O)CN1N=C(c2ccccc2)CCC1=O. The minimum absolute atomic E-state index is 0.0929. The number of benzene rings is 2. The van der Waals surface area contributed by atoms with E-state index in [-0.39, 0.29) is 18.4 Å². The summed E-state index contributed by atoms with van der Waals surface area (Å²) >= 11 is 0. The fourth-order valence-electron chi connectivity index (χ4n) is 2.80. The number of carbonyl (C=O) groups is 2. The van der Waals surface area contributed by atoms with Crippen LogP contribution in [0.2, 0.25) is 0 Å². The van der Waals surface area contributed by atoms with Gasteiger partial charge in [-0.1, -0.05) is 48.5 Å². The Labute approximate surface area is 152 Å². The lowest BCUT2D eigenvalue weighted by molar-refractivity contribution is -0.136. The molecule has 1 heterocycles. The smallest absolute Gasteiger partial charge is 0.243 e. The van der Waals surface area contributed by atoms with Crippen molar-refractivity contribution < 1.29 is 14.3 Å². The number of carbonyl (C=O) groups excluding carboxylic acids is 2. The van der Waals surface area contributed by atoms with Gasteiger partial charge in [0.2, 0.25) is 11.8 Å². The number of hydrogen-bond donors (Lipinski definition) is 1. The van der Waals surface area contributed by atoms with E-state index >= 15 is 0 Å². The third-order valence-electron chi connectivity index (χ3n) is 4.17. The van der Waals surface area contributed by atoms with Crippen molar-refractivity contribution in [2.24, 2.45) is 5.10 Å². The summed E-state index contributed by atoms with van der Waals surface area (Å²) < 4.78 is 5.27. The first-order chi connectivity index (χ1) is 12.7. The summed E-state index contributed by atoms with van der Waals surface area (Å²) in [4.78, 5) is 24.4. The highest BCUT2D eigenvalue weighted by atomic mass is 16.5. The average Bonchev–Trinajstić information content (AvgIpc) is 2.69. The Hall–Kier alpha value is -3.15. The molecule has 1 aliphatic heterocycles. The summed E-state index contributed by atoms with van der Waals surface area (Å²) in [6.07, 6.45) is 0.940. The Kier molecular flexibility index (Phi) is 5.63. The largest absolute Gasteiger partial charge is 0.496 e. The van der Waals surface area contributed by atoms with Gasteiger partial charge in [0.1, 0.15) is 12.3 Å². The van der Waals surface area contributed by atoms with Gasteiger partial charge < -0.3 is 10.1 Å². The number of nitrogens with zero attached hydrogens (tertiary/aromatic N) is 2. The lowest BCUT2D eigenvalue weighted by Crippen LogP contribution is -2.40. The zero-order chi connectivity index (χ0) is 18.4. The molecule has 0 aromatic heterocycles. The van der Waals surface area contributed by atoms with E-state index in [2.05, 4.69) is 10.4 Å². The molecule has 0 radical (unpaired) electrons. The summed E-state index contributed by atoms with van der Waals surface area (Å²) in [6.45, 7) is 0.241. The second-order valence-electron chi connectivity index (χ2n) is 5.95. The first kappa shape index (κ1) is 17.7. The summed E-state index contributed by atoms with van der Waals surface area (Å²) in [6, 6.07) is 17.2. The van der Waals surface area contributed by atoms with Gasteiger partial charge in [-0.15, -0.1) is 0 Å². The summed E-state index contributed by atoms with van der Waals surface area (Å²) in [7, 11) is 1.59. The first-order valence-corrected chi connectivity index (χ1v) is 8.49. The van der Waals surface area contributed by atoms with E-state index in [1.165, 1.54) is 5.01 Å². The fourth-order valence-corrected chi connectivity index (χ4v) is 2.80. The molecule has 3 rings (SSSR count). The number of hydrazone groups is 1. The number of nitrogens with one attached hydrogen (secondary N) is 1. The minimum atomic E-state index is -0.262. The van der Waals surface area contributed by atoms with Crippen molar-refractivity contribution >= 4 is 17.5 Å². The van der Waals surface area contributed by atoms with Crippen LogP contribution >= 0.6 is 0 Å². The van der Waals surface area contributed by atoms with Gasteiger partial charge in [0.05, 0.1) is 12.8 Å². The first-order valence-electron chi connectivity index (χ1n) is 8.49. The number of ether oxygens (including phenoxy) is 1. The third-order valence-corrected chi connectivity index (χ3v) is 4.17. The van der Waals surface area contributed by atoms with Crippen LogP contribution in [0.1, 0.15) is 24.0 Å². The molecule has 26 heavy (non-hydrogen) atoms. The van der Waals surface area contributed by atoms with Crippen LogP contribution in [0.4, 0.5) is 0 Å². The molecule has 2 amide bonds. The predicted molar refractivity (Wildman–Crippen MR) is 98.8 cm³/mol. The summed E-state index contributed by atoms with van der Waals surface area (Å²) in [5.41, 5.74) is 2.67. The molecule has 0 atom stereocenters. The number of hydrogen-bond acceptors (Lipinski definition) is 4. The average molecular weight is 351 g/mol. The van der Waals surface area contributed by atoms with Crippen LogP contribution in [-0.4, -0.2) is 36.2 Å². The van der Waals surface area contributed by atoms with Gasteiger partial charge in [-0.3, -0.25) is 9.59 Å². The third kappa shape index (κ3) is 4.27. The number of para-hydroxylation sites is 1. The van der Waals surface area contributed by atoms with Crippen molar-refractivity contribution in [2.45, 2.75) is 19.4 Å². The van der Waals surface area contributed by atoms with Crippen molar-refractivity contribution in [2.75, 3.05) is 13.7 Å². The Morgan fingerprint density at radius 1 is 1.12 bits per heavy atom. The molecule has 0 fully saturated rings. The second-order valence-corrected chi connectivity index (χ2v) is 5.95. The maximum absolute atomic E-state index is 12.3. The van der Waals surface area contributed by atoms with E-state index in [0.717, 1.165) is 16.8 Å². The van der Waals surface area contributed by atoms with Crippen LogP contribution in [-0.2, 0) is 16.1 Å². The normalized spacial score (nSPS) is 14.0. The summed E-state index contributed by atoms with van der Waals surface area (Å²) in [5, 5.41) is 8.44. The zero-order valence-electron chi connectivity index (χ0n) is 14.6. The number of methoxy groups -OCH3 is 1. The highest BCUT2D eigenvalue weighted by molar-refractivity contribution is 6.04. The molecule has 0 aliphatic carbocycles. The van der Waals surface area contributed by atoms with Crippen LogP contribution in [0, 0.1) is 0 Å². The monoisotopic (exact) mass is 351 g/mol. The topological polar surface area (TPSA) is 71.0 Å². The molecular formula is C20H21N3O3. The maximum Gasteiger partial charge on any atom is 0.243 e. The number of amides is 2. The molecule has 0 bridgehead atoms. The molecule has 6 nitrogen and oxygen atoms in total. The van der Waals surface area contributed by atoms with Gasteiger partial charge in [-0.05, 0) is 11.6 Å². The maximum atomic E-state index is 12.3. The lowest BCUT2D eigenvalue weighted by atomic mass is 10.0. The van der Waals surface area contributed by atoms with E-state index in [0.29, 0.717) is 25.1 Å². The molecule has 134 valence electrons. The Morgan fingerprint density at radius 2 is 1.85 bits per heavy atom. The van der Waals surface area contributed by atoms with E-state index in [1.54, 1.807) is 7.11 Å². The minimum Gasteiger partial charge on any atom is -0.496 e. The molecule has 2 aromatic rings. The van der Waals surface area contributed by atoms with Crippen LogP contribution in [0.25, 0.3) is 0 Å². The molecule has 0 saturated heterocycles. The molecule has 1 N–H and O–H groups in total. The van der Waals surface area contributed by atoms with Crippen molar-refractivity contribution in [3.63, 3.8) is 0 Å². The quantitative estimate of drug-likeness (QED) is 0.868. The second kappa shape index (κ2) is 8.29. The molecule has 0 spiro atoms. The Morgan fingerprint density at radius 3 is 2.62 bits per heavy atom. The standard InChI is InChI=1S/C20H21N3O3/c1-26-18-10-6-5-9-16(18)13-21-19(24)14-23-20(25)12-11-17(22-23)15-7-3-2-4-8-15/h2-10H,11-14H2,1H3,(H,21,24). The molecular weight excluding hydrogens is 330 g/mol. The molecule has 1 aliphatic rings. The van der Waals surface area contributed by atoms with Crippen LogP contribution in [0.15, 0.2) is 59.7 Å². The molecule has 0 saturated carbocycles.